The SMILES string of the molecule is COc1cccc(-c2noc(C(=O)NCc3cc(C)nc4ccccc34)n2)c1. The lowest BCUT2D eigenvalue weighted by molar-refractivity contribution is 0.0907. The van der Waals surface area contributed by atoms with Crippen LogP contribution in [0.4, 0.5) is 0 Å². The van der Waals surface area contributed by atoms with Crippen LogP contribution in [0.2, 0.25) is 0 Å². The number of aromatic nitrogens is 3. The van der Waals surface area contributed by atoms with E-state index in [9.17, 15) is 4.79 Å². The van der Waals surface area contributed by atoms with E-state index in [2.05, 4.69) is 20.4 Å². The molecule has 0 aliphatic rings. The van der Waals surface area contributed by atoms with E-state index in [1.54, 1.807) is 13.2 Å². The van der Waals surface area contributed by atoms with Gasteiger partial charge in [-0.15, -0.1) is 0 Å². The molecule has 0 saturated heterocycles. The zero-order valence-corrected chi connectivity index (χ0v) is 15.5. The molecule has 0 radical (unpaired) electrons. The van der Waals surface area contributed by atoms with E-state index in [1.165, 1.54) is 0 Å². The molecule has 7 nitrogen and oxygen atoms in total. The molecular formula is C21H18N4O3. The predicted molar refractivity (Wildman–Crippen MR) is 104 cm³/mol. The minimum absolute atomic E-state index is 0.0899. The van der Waals surface area contributed by atoms with Crippen molar-refractivity contribution in [1.82, 2.24) is 20.4 Å². The molecule has 7 heteroatoms. The highest BCUT2D eigenvalue weighted by molar-refractivity contribution is 5.90. The molecule has 0 atom stereocenters. The van der Waals surface area contributed by atoms with Gasteiger partial charge in [0, 0.05) is 23.2 Å². The summed E-state index contributed by atoms with van der Waals surface area (Å²) in [5.74, 6) is 0.482. The third kappa shape index (κ3) is 3.55. The van der Waals surface area contributed by atoms with Gasteiger partial charge in [0.15, 0.2) is 0 Å². The van der Waals surface area contributed by atoms with E-state index >= 15 is 0 Å². The molecule has 4 rings (SSSR count). The average Bonchev–Trinajstić information content (AvgIpc) is 3.22. The van der Waals surface area contributed by atoms with Gasteiger partial charge in [-0.25, -0.2) is 0 Å². The fourth-order valence-electron chi connectivity index (χ4n) is 2.99. The van der Waals surface area contributed by atoms with Gasteiger partial charge in [0.25, 0.3) is 0 Å². The van der Waals surface area contributed by atoms with E-state index in [1.807, 2.05) is 55.5 Å². The van der Waals surface area contributed by atoms with Crippen molar-refractivity contribution in [2.75, 3.05) is 7.11 Å². The highest BCUT2D eigenvalue weighted by Crippen LogP contribution is 2.21. The summed E-state index contributed by atoms with van der Waals surface area (Å²) in [6, 6.07) is 17.0. The van der Waals surface area contributed by atoms with E-state index in [4.69, 9.17) is 9.26 Å². The first-order chi connectivity index (χ1) is 13.6. The zero-order valence-electron chi connectivity index (χ0n) is 15.5. The minimum Gasteiger partial charge on any atom is -0.497 e. The van der Waals surface area contributed by atoms with Gasteiger partial charge < -0.3 is 14.6 Å². The van der Waals surface area contributed by atoms with Gasteiger partial charge in [-0.05, 0) is 36.8 Å². The van der Waals surface area contributed by atoms with Gasteiger partial charge in [-0.2, -0.15) is 4.98 Å². The normalized spacial score (nSPS) is 10.8. The molecule has 140 valence electrons. The number of aryl methyl sites for hydroxylation is 1. The van der Waals surface area contributed by atoms with E-state index in [-0.39, 0.29) is 5.89 Å². The number of nitrogens with zero attached hydrogens (tertiary/aromatic N) is 3. The molecule has 28 heavy (non-hydrogen) atoms. The Kier molecular flexibility index (Phi) is 4.72. The van der Waals surface area contributed by atoms with Gasteiger partial charge in [-0.3, -0.25) is 9.78 Å². The second-order valence-electron chi connectivity index (χ2n) is 6.28. The van der Waals surface area contributed by atoms with Crippen LogP contribution in [-0.4, -0.2) is 28.1 Å². The van der Waals surface area contributed by atoms with Crippen LogP contribution in [-0.2, 0) is 6.54 Å². The third-order valence-electron chi connectivity index (χ3n) is 4.32. The summed E-state index contributed by atoms with van der Waals surface area (Å²) >= 11 is 0. The number of benzene rings is 2. The van der Waals surface area contributed by atoms with Gasteiger partial charge >= 0.3 is 11.8 Å². The van der Waals surface area contributed by atoms with Crippen LogP contribution in [0.3, 0.4) is 0 Å². The number of ether oxygens (including phenoxy) is 1. The number of nitrogens with one attached hydrogen (secondary N) is 1. The molecule has 2 heterocycles. The largest absolute Gasteiger partial charge is 0.497 e. The predicted octanol–water partition coefficient (Wildman–Crippen LogP) is 3.53. The molecule has 2 aromatic carbocycles. The highest BCUT2D eigenvalue weighted by atomic mass is 16.5. The summed E-state index contributed by atoms with van der Waals surface area (Å²) < 4.78 is 10.3. The van der Waals surface area contributed by atoms with Crippen molar-refractivity contribution in [3.05, 3.63) is 71.7 Å². The fraction of sp³-hybridized carbons (Fsp3) is 0.143. The highest BCUT2D eigenvalue weighted by Gasteiger charge is 2.17. The van der Waals surface area contributed by atoms with Crippen molar-refractivity contribution in [3.8, 4) is 17.1 Å². The molecule has 0 fully saturated rings. The van der Waals surface area contributed by atoms with Gasteiger partial charge in [0.05, 0.1) is 12.6 Å². The molecule has 0 aliphatic heterocycles. The molecule has 0 unspecified atom stereocenters. The maximum atomic E-state index is 12.5. The summed E-state index contributed by atoms with van der Waals surface area (Å²) in [5.41, 5.74) is 3.47. The van der Waals surface area contributed by atoms with Crippen LogP contribution in [0.25, 0.3) is 22.3 Å². The Morgan fingerprint density at radius 2 is 1.96 bits per heavy atom. The Balaban J connectivity index is 1.52. The summed E-state index contributed by atoms with van der Waals surface area (Å²) in [5, 5.41) is 7.72. The molecular weight excluding hydrogens is 356 g/mol. The molecule has 2 aromatic heterocycles. The first kappa shape index (κ1) is 17.7. The van der Waals surface area contributed by atoms with Crippen LogP contribution in [0.5, 0.6) is 5.75 Å². The second-order valence-corrected chi connectivity index (χ2v) is 6.28. The number of methoxy groups -OCH3 is 1. The number of carbonyl (C=O) groups is 1. The molecule has 0 aliphatic carbocycles. The van der Waals surface area contributed by atoms with Crippen molar-refractivity contribution in [2.45, 2.75) is 13.5 Å². The van der Waals surface area contributed by atoms with Crippen molar-refractivity contribution in [1.29, 1.82) is 0 Å². The molecule has 0 saturated carbocycles. The van der Waals surface area contributed by atoms with Crippen LogP contribution >= 0.6 is 0 Å². The number of hydrogen-bond acceptors (Lipinski definition) is 6. The summed E-state index contributed by atoms with van der Waals surface area (Å²) in [7, 11) is 1.58. The fourth-order valence-corrected chi connectivity index (χ4v) is 2.99. The van der Waals surface area contributed by atoms with Crippen molar-refractivity contribution >= 4 is 16.8 Å². The number of carbonyl (C=O) groups excluding carboxylic acids is 1. The lowest BCUT2D eigenvalue weighted by atomic mass is 10.1. The quantitative estimate of drug-likeness (QED) is 0.575. The van der Waals surface area contributed by atoms with Crippen LogP contribution < -0.4 is 10.1 Å². The number of para-hydroxylation sites is 1. The summed E-state index contributed by atoms with van der Waals surface area (Å²) in [6.45, 7) is 2.26. The topological polar surface area (TPSA) is 90.1 Å². The number of amides is 1. The molecule has 1 amide bonds. The van der Waals surface area contributed by atoms with Crippen molar-refractivity contribution < 1.29 is 14.1 Å². The summed E-state index contributed by atoms with van der Waals surface area (Å²) in [6.07, 6.45) is 0. The average molecular weight is 374 g/mol. The Labute approximate surface area is 161 Å². The lowest BCUT2D eigenvalue weighted by Crippen LogP contribution is -2.23. The maximum absolute atomic E-state index is 12.5. The molecule has 0 spiro atoms. The molecule has 0 bridgehead atoms. The Morgan fingerprint density at radius 1 is 1.11 bits per heavy atom. The Bertz CT molecular complexity index is 1150. The van der Waals surface area contributed by atoms with Gasteiger partial charge in [-0.1, -0.05) is 35.5 Å². The summed E-state index contributed by atoms with van der Waals surface area (Å²) in [4.78, 5) is 21.2. The van der Waals surface area contributed by atoms with Crippen molar-refractivity contribution in [3.63, 3.8) is 0 Å². The minimum atomic E-state index is -0.430. The first-order valence-corrected chi connectivity index (χ1v) is 8.75. The molecule has 1 N–H and O–H groups in total. The lowest BCUT2D eigenvalue weighted by Gasteiger charge is -2.08. The smallest absolute Gasteiger partial charge is 0.316 e. The molecule has 4 aromatic rings. The number of hydrogen-bond donors (Lipinski definition) is 1. The van der Waals surface area contributed by atoms with Gasteiger partial charge in [0.1, 0.15) is 5.75 Å². The number of pyridine rings is 1. The third-order valence-corrected chi connectivity index (χ3v) is 4.32. The van der Waals surface area contributed by atoms with Crippen molar-refractivity contribution in [2.24, 2.45) is 0 Å². The maximum Gasteiger partial charge on any atom is 0.316 e. The van der Waals surface area contributed by atoms with Gasteiger partial charge in [0.2, 0.25) is 5.82 Å². The van der Waals surface area contributed by atoms with E-state index in [0.29, 0.717) is 23.7 Å². The monoisotopic (exact) mass is 374 g/mol. The first-order valence-electron chi connectivity index (χ1n) is 8.75. The van der Waals surface area contributed by atoms with Crippen LogP contribution in [0.15, 0.2) is 59.1 Å². The number of fused-ring (bicyclic) bond motifs is 1. The number of rotatable bonds is 5. The van der Waals surface area contributed by atoms with Crippen LogP contribution in [0, 0.1) is 6.92 Å². The van der Waals surface area contributed by atoms with E-state index in [0.717, 1.165) is 22.2 Å². The van der Waals surface area contributed by atoms with Crippen LogP contribution in [0.1, 0.15) is 21.9 Å². The van der Waals surface area contributed by atoms with E-state index < -0.39 is 5.91 Å². The Morgan fingerprint density at radius 3 is 2.82 bits per heavy atom. The Hall–Kier alpha value is -3.74. The second kappa shape index (κ2) is 7.48. The zero-order chi connectivity index (χ0) is 19.5. The standard InChI is InChI=1S/C21H18N4O3/c1-13-10-15(17-8-3-4-9-18(17)23-13)12-22-20(26)21-24-19(25-28-21)14-6-5-7-16(11-14)27-2/h3-11H,12H2,1-2H3,(H,22,26).